The molecule has 0 aliphatic carbocycles. The number of carbonyl (C=O) groups is 2. The average molecular weight is 462 g/mol. The van der Waals surface area contributed by atoms with Gasteiger partial charge in [-0.25, -0.2) is 9.50 Å². The zero-order valence-electron chi connectivity index (χ0n) is 18.8. The van der Waals surface area contributed by atoms with E-state index in [1.54, 1.807) is 43.0 Å². The maximum Gasteiger partial charge on any atom is 0.453 e. The molecular formula is C22H25F3N6O2. The molecular weight excluding hydrogens is 437 g/mol. The van der Waals surface area contributed by atoms with Crippen LogP contribution in [-0.4, -0.2) is 49.4 Å². The summed E-state index contributed by atoms with van der Waals surface area (Å²) < 4.78 is 39.9. The summed E-state index contributed by atoms with van der Waals surface area (Å²) in [5.41, 5.74) is 2.53. The predicted octanol–water partition coefficient (Wildman–Crippen LogP) is 3.81. The van der Waals surface area contributed by atoms with Gasteiger partial charge in [0.1, 0.15) is 0 Å². The molecule has 0 saturated carbocycles. The summed E-state index contributed by atoms with van der Waals surface area (Å²) in [6, 6.07) is 6.70. The smallest absolute Gasteiger partial charge is 0.339 e. The third-order valence-corrected chi connectivity index (χ3v) is 5.35. The van der Waals surface area contributed by atoms with E-state index in [1.165, 1.54) is 0 Å². The number of halogens is 3. The van der Waals surface area contributed by atoms with Crippen molar-refractivity contribution in [2.75, 3.05) is 18.4 Å². The molecule has 1 aromatic carbocycles. The van der Waals surface area contributed by atoms with Crippen LogP contribution in [-0.2, 0) is 17.4 Å². The molecule has 11 heteroatoms. The molecule has 2 amide bonds. The monoisotopic (exact) mass is 462 g/mol. The maximum absolute atomic E-state index is 12.9. The van der Waals surface area contributed by atoms with Crippen molar-refractivity contribution in [2.24, 2.45) is 0 Å². The number of nitrogens with zero attached hydrogens (tertiary/aromatic N) is 5. The van der Waals surface area contributed by atoms with Gasteiger partial charge in [0.2, 0.25) is 5.91 Å². The third-order valence-electron chi connectivity index (χ3n) is 5.35. The number of hydrogen-bond donors (Lipinski definition) is 1. The van der Waals surface area contributed by atoms with Gasteiger partial charge in [-0.2, -0.15) is 18.2 Å². The minimum Gasteiger partial charge on any atom is -0.339 e. The largest absolute Gasteiger partial charge is 0.453 e. The fourth-order valence-electron chi connectivity index (χ4n) is 3.58. The molecule has 0 unspecified atom stereocenters. The van der Waals surface area contributed by atoms with Crippen molar-refractivity contribution in [1.29, 1.82) is 0 Å². The summed E-state index contributed by atoms with van der Waals surface area (Å²) in [5, 5.41) is 6.28. The lowest BCUT2D eigenvalue weighted by molar-refractivity contribution is -0.144. The van der Waals surface area contributed by atoms with E-state index < -0.39 is 12.0 Å². The number of anilines is 1. The molecule has 3 rings (SSSR count). The van der Waals surface area contributed by atoms with Crippen LogP contribution in [0.3, 0.4) is 0 Å². The van der Waals surface area contributed by atoms with Crippen molar-refractivity contribution in [2.45, 2.75) is 46.7 Å². The third kappa shape index (κ3) is 5.29. The van der Waals surface area contributed by atoms with E-state index in [4.69, 9.17) is 0 Å². The number of aryl methyl sites for hydroxylation is 2. The van der Waals surface area contributed by atoms with Gasteiger partial charge >= 0.3 is 6.18 Å². The Bertz CT molecular complexity index is 1180. The molecule has 0 spiro atoms. The number of aromatic nitrogens is 4. The highest BCUT2D eigenvalue weighted by atomic mass is 19.4. The second-order valence-corrected chi connectivity index (χ2v) is 7.51. The molecule has 0 radical (unpaired) electrons. The van der Waals surface area contributed by atoms with Crippen molar-refractivity contribution in [3.8, 4) is 0 Å². The standard InChI is InChI=1S/C22H25F3N6O2/c1-5-30(6-2)19(33)15-8-7-9-16(12-15)27-18(32)11-10-17-13(3)26-21-28-20(22(23,24)25)29-31(21)14(17)4/h7-9,12H,5-6,10-11H2,1-4H3,(H,27,32). The van der Waals surface area contributed by atoms with Gasteiger partial charge in [-0.15, -0.1) is 5.10 Å². The van der Waals surface area contributed by atoms with E-state index in [1.807, 2.05) is 13.8 Å². The molecule has 8 nitrogen and oxygen atoms in total. The first-order valence-electron chi connectivity index (χ1n) is 10.5. The lowest BCUT2D eigenvalue weighted by Crippen LogP contribution is -2.30. The van der Waals surface area contributed by atoms with Crippen molar-refractivity contribution >= 4 is 23.3 Å². The number of carbonyl (C=O) groups excluding carboxylic acids is 2. The van der Waals surface area contributed by atoms with Crippen molar-refractivity contribution in [3.63, 3.8) is 0 Å². The number of nitrogens with one attached hydrogen (secondary N) is 1. The van der Waals surface area contributed by atoms with E-state index in [-0.39, 0.29) is 30.4 Å². The van der Waals surface area contributed by atoms with Crippen LogP contribution >= 0.6 is 0 Å². The minimum absolute atomic E-state index is 0.0733. The molecule has 2 aromatic heterocycles. The zero-order valence-corrected chi connectivity index (χ0v) is 18.8. The summed E-state index contributed by atoms with van der Waals surface area (Å²) in [6.07, 6.45) is -4.34. The van der Waals surface area contributed by atoms with E-state index in [0.29, 0.717) is 41.3 Å². The Labute approximate surface area is 188 Å². The molecule has 1 N–H and O–H groups in total. The van der Waals surface area contributed by atoms with Crippen molar-refractivity contribution < 1.29 is 22.8 Å². The quantitative estimate of drug-likeness (QED) is 0.576. The second-order valence-electron chi connectivity index (χ2n) is 7.51. The number of rotatable bonds is 7. The highest BCUT2D eigenvalue weighted by Crippen LogP contribution is 2.27. The first-order valence-corrected chi connectivity index (χ1v) is 10.5. The Balaban J connectivity index is 1.72. The number of fused-ring (bicyclic) bond motifs is 1. The molecule has 3 aromatic rings. The number of alkyl halides is 3. The summed E-state index contributed by atoms with van der Waals surface area (Å²) in [4.78, 5) is 34.3. The van der Waals surface area contributed by atoms with Gasteiger partial charge < -0.3 is 10.2 Å². The molecule has 33 heavy (non-hydrogen) atoms. The van der Waals surface area contributed by atoms with E-state index in [2.05, 4.69) is 20.4 Å². The molecule has 0 saturated heterocycles. The van der Waals surface area contributed by atoms with Gasteiger partial charge in [0, 0.05) is 42.1 Å². The van der Waals surface area contributed by atoms with Crippen LogP contribution in [0.15, 0.2) is 24.3 Å². The van der Waals surface area contributed by atoms with Gasteiger partial charge in [-0.3, -0.25) is 9.59 Å². The SMILES string of the molecule is CCN(CC)C(=O)c1cccc(NC(=O)CCc2c(C)nc3nc(C(F)(F)F)nn3c2C)c1. The number of benzene rings is 1. The predicted molar refractivity (Wildman–Crippen MR) is 116 cm³/mol. The van der Waals surface area contributed by atoms with Crippen molar-refractivity contribution in [1.82, 2.24) is 24.5 Å². The van der Waals surface area contributed by atoms with E-state index in [9.17, 15) is 22.8 Å². The Morgan fingerprint density at radius 3 is 2.45 bits per heavy atom. The second kappa shape index (κ2) is 9.55. The van der Waals surface area contributed by atoms with Crippen molar-refractivity contribution in [3.05, 3.63) is 52.6 Å². The maximum atomic E-state index is 12.9. The van der Waals surface area contributed by atoms with Crippen LogP contribution in [0.5, 0.6) is 0 Å². The normalized spacial score (nSPS) is 11.6. The fourth-order valence-corrected chi connectivity index (χ4v) is 3.58. The van der Waals surface area contributed by atoms with Gasteiger partial charge in [0.15, 0.2) is 0 Å². The lowest BCUT2D eigenvalue weighted by atomic mass is 10.1. The Morgan fingerprint density at radius 2 is 1.82 bits per heavy atom. The topological polar surface area (TPSA) is 92.5 Å². The van der Waals surface area contributed by atoms with E-state index >= 15 is 0 Å². The van der Waals surface area contributed by atoms with Gasteiger partial charge in [-0.1, -0.05) is 6.07 Å². The molecule has 2 heterocycles. The Morgan fingerprint density at radius 1 is 1.12 bits per heavy atom. The van der Waals surface area contributed by atoms with Crippen LogP contribution in [0.2, 0.25) is 0 Å². The van der Waals surface area contributed by atoms with Crippen LogP contribution in [0, 0.1) is 13.8 Å². The molecule has 0 aliphatic rings. The fraction of sp³-hybridized carbons (Fsp3) is 0.409. The lowest BCUT2D eigenvalue weighted by Gasteiger charge is -2.19. The highest BCUT2D eigenvalue weighted by molar-refractivity contribution is 5.97. The highest BCUT2D eigenvalue weighted by Gasteiger charge is 2.37. The minimum atomic E-state index is -4.67. The first kappa shape index (κ1) is 24.1. The van der Waals surface area contributed by atoms with Gasteiger partial charge in [0.05, 0.1) is 0 Å². The summed E-state index contributed by atoms with van der Waals surface area (Å²) in [6.45, 7) is 8.23. The van der Waals surface area contributed by atoms with Crippen LogP contribution in [0.4, 0.5) is 18.9 Å². The number of amides is 2. The van der Waals surface area contributed by atoms with E-state index in [0.717, 1.165) is 4.52 Å². The first-order chi connectivity index (χ1) is 15.5. The molecule has 0 bridgehead atoms. The summed E-state index contributed by atoms with van der Waals surface area (Å²) in [7, 11) is 0. The Hall–Kier alpha value is -3.50. The van der Waals surface area contributed by atoms with Crippen LogP contribution in [0.1, 0.15) is 53.4 Å². The van der Waals surface area contributed by atoms with Crippen LogP contribution in [0.25, 0.3) is 5.78 Å². The Kier molecular flexibility index (Phi) is 6.99. The molecule has 176 valence electrons. The zero-order chi connectivity index (χ0) is 24.3. The molecule has 0 atom stereocenters. The number of hydrogen-bond acceptors (Lipinski definition) is 5. The average Bonchev–Trinajstić information content (AvgIpc) is 3.19. The molecule has 0 aliphatic heterocycles. The van der Waals surface area contributed by atoms with Gasteiger partial charge in [0.25, 0.3) is 17.5 Å². The van der Waals surface area contributed by atoms with Gasteiger partial charge in [-0.05, 0) is 57.9 Å². The summed E-state index contributed by atoms with van der Waals surface area (Å²) in [5.74, 6) is -1.81. The molecule has 0 fully saturated rings. The summed E-state index contributed by atoms with van der Waals surface area (Å²) >= 11 is 0. The van der Waals surface area contributed by atoms with Crippen LogP contribution < -0.4 is 5.32 Å².